The topological polar surface area (TPSA) is 20.3 Å². The van der Waals surface area contributed by atoms with Gasteiger partial charge in [0.25, 0.3) is 5.91 Å². The van der Waals surface area contributed by atoms with Gasteiger partial charge in [-0.1, -0.05) is 52.3 Å². The van der Waals surface area contributed by atoms with Crippen LogP contribution in [0.3, 0.4) is 0 Å². The lowest BCUT2D eigenvalue weighted by atomic mass is 10.1. The Kier molecular flexibility index (Phi) is 7.27. The minimum atomic E-state index is 0.139. The van der Waals surface area contributed by atoms with E-state index in [0.29, 0.717) is 0 Å². The number of hydrogen-bond acceptors (Lipinski definition) is 1. The van der Waals surface area contributed by atoms with Crippen LogP contribution in [0.5, 0.6) is 0 Å². The van der Waals surface area contributed by atoms with Gasteiger partial charge in [0, 0.05) is 19.2 Å². The molecule has 1 aromatic rings. The SMILES string of the molecule is CC.CCC.CN1Cc2ccccc2C1=O. The minimum absolute atomic E-state index is 0.139. The average Bonchev–Trinajstić information content (AvgIpc) is 2.60. The van der Waals surface area contributed by atoms with E-state index in [2.05, 4.69) is 13.8 Å². The number of rotatable bonds is 0. The van der Waals surface area contributed by atoms with E-state index in [1.54, 1.807) is 4.90 Å². The molecule has 0 aliphatic carbocycles. The number of carbonyl (C=O) groups excluding carboxylic acids is 1. The van der Waals surface area contributed by atoms with Crippen molar-refractivity contribution in [2.45, 2.75) is 40.7 Å². The molecule has 0 atom stereocenters. The number of fused-ring (bicyclic) bond motifs is 1. The molecule has 90 valence electrons. The molecule has 0 bridgehead atoms. The Morgan fingerprint density at radius 1 is 1.19 bits per heavy atom. The van der Waals surface area contributed by atoms with Crippen molar-refractivity contribution in [1.29, 1.82) is 0 Å². The Labute approximate surface area is 99.3 Å². The van der Waals surface area contributed by atoms with Crippen LogP contribution in [-0.2, 0) is 6.54 Å². The van der Waals surface area contributed by atoms with Crippen LogP contribution >= 0.6 is 0 Å². The van der Waals surface area contributed by atoms with E-state index in [1.165, 1.54) is 6.42 Å². The van der Waals surface area contributed by atoms with Crippen LogP contribution in [0.15, 0.2) is 24.3 Å². The first-order chi connectivity index (χ1) is 7.70. The second-order valence-electron chi connectivity index (χ2n) is 3.53. The highest BCUT2D eigenvalue weighted by Gasteiger charge is 2.22. The predicted molar refractivity (Wildman–Crippen MR) is 69.6 cm³/mol. The maximum Gasteiger partial charge on any atom is 0.254 e. The molecule has 1 aliphatic heterocycles. The van der Waals surface area contributed by atoms with Crippen LogP contribution in [0.4, 0.5) is 0 Å². The highest BCUT2D eigenvalue weighted by atomic mass is 16.2. The molecular weight excluding hydrogens is 198 g/mol. The summed E-state index contributed by atoms with van der Waals surface area (Å²) in [7, 11) is 1.82. The van der Waals surface area contributed by atoms with E-state index >= 15 is 0 Å². The van der Waals surface area contributed by atoms with E-state index in [4.69, 9.17) is 0 Å². The number of nitrogens with zero attached hydrogens (tertiary/aromatic N) is 1. The Balaban J connectivity index is 0.000000394. The van der Waals surface area contributed by atoms with Gasteiger partial charge in [-0.05, 0) is 11.6 Å². The number of carbonyl (C=O) groups is 1. The zero-order chi connectivity index (χ0) is 12.6. The Morgan fingerprint density at radius 2 is 1.69 bits per heavy atom. The van der Waals surface area contributed by atoms with Gasteiger partial charge in [-0.25, -0.2) is 0 Å². The van der Waals surface area contributed by atoms with Gasteiger partial charge in [0.1, 0.15) is 0 Å². The lowest BCUT2D eigenvalue weighted by molar-refractivity contribution is 0.0816. The molecule has 2 nitrogen and oxygen atoms in total. The third kappa shape index (κ3) is 3.69. The Bertz CT molecular complexity index is 320. The van der Waals surface area contributed by atoms with Crippen LogP contribution in [0.1, 0.15) is 50.0 Å². The zero-order valence-corrected chi connectivity index (χ0v) is 11.1. The van der Waals surface area contributed by atoms with Crippen LogP contribution in [0.25, 0.3) is 0 Å². The quantitative estimate of drug-likeness (QED) is 0.654. The van der Waals surface area contributed by atoms with Crippen molar-refractivity contribution in [3.8, 4) is 0 Å². The van der Waals surface area contributed by atoms with E-state index < -0.39 is 0 Å². The molecule has 0 aromatic heterocycles. The molecule has 16 heavy (non-hydrogen) atoms. The maximum absolute atomic E-state index is 11.3. The molecule has 0 spiro atoms. The molecule has 1 heterocycles. The molecule has 0 saturated carbocycles. The summed E-state index contributed by atoms with van der Waals surface area (Å²) in [5, 5.41) is 0. The first kappa shape index (κ1) is 14.7. The number of benzene rings is 1. The molecule has 2 heteroatoms. The molecule has 2 rings (SSSR count). The summed E-state index contributed by atoms with van der Waals surface area (Å²) in [6.45, 7) is 9.01. The lowest BCUT2D eigenvalue weighted by Crippen LogP contribution is -2.17. The van der Waals surface area contributed by atoms with Crippen molar-refractivity contribution in [2.75, 3.05) is 7.05 Å². The molecule has 0 unspecified atom stereocenters. The summed E-state index contributed by atoms with van der Waals surface area (Å²) < 4.78 is 0. The number of hydrogen-bond donors (Lipinski definition) is 0. The van der Waals surface area contributed by atoms with Crippen LogP contribution in [0, 0.1) is 0 Å². The average molecular weight is 221 g/mol. The van der Waals surface area contributed by atoms with Crippen molar-refractivity contribution in [3.05, 3.63) is 35.4 Å². The smallest absolute Gasteiger partial charge is 0.254 e. The largest absolute Gasteiger partial charge is 0.337 e. The zero-order valence-electron chi connectivity index (χ0n) is 11.1. The summed E-state index contributed by atoms with van der Waals surface area (Å²) >= 11 is 0. The highest BCUT2D eigenvalue weighted by Crippen LogP contribution is 2.19. The van der Waals surface area contributed by atoms with Crippen molar-refractivity contribution in [1.82, 2.24) is 4.90 Å². The van der Waals surface area contributed by atoms with Gasteiger partial charge >= 0.3 is 0 Å². The highest BCUT2D eigenvalue weighted by molar-refractivity contribution is 5.98. The van der Waals surface area contributed by atoms with Gasteiger partial charge in [0.15, 0.2) is 0 Å². The Morgan fingerprint density at radius 3 is 2.19 bits per heavy atom. The maximum atomic E-state index is 11.3. The monoisotopic (exact) mass is 221 g/mol. The fourth-order valence-electron chi connectivity index (χ4n) is 1.40. The standard InChI is InChI=1S/C9H9NO.C3H8.C2H6/c1-10-6-7-4-2-3-5-8(7)9(10)11;1-3-2;1-2/h2-5H,6H2,1H3;3H2,1-2H3;1-2H3. The van der Waals surface area contributed by atoms with Crippen molar-refractivity contribution < 1.29 is 4.79 Å². The van der Waals surface area contributed by atoms with Gasteiger partial charge < -0.3 is 4.90 Å². The fourth-order valence-corrected chi connectivity index (χ4v) is 1.40. The van der Waals surface area contributed by atoms with Gasteiger partial charge in [0.2, 0.25) is 0 Å². The van der Waals surface area contributed by atoms with Crippen molar-refractivity contribution >= 4 is 5.91 Å². The summed E-state index contributed by atoms with van der Waals surface area (Å²) in [4.78, 5) is 13.0. The molecule has 0 radical (unpaired) electrons. The van der Waals surface area contributed by atoms with Crippen LogP contribution < -0.4 is 0 Å². The summed E-state index contributed by atoms with van der Waals surface area (Å²) in [5.74, 6) is 0.139. The minimum Gasteiger partial charge on any atom is -0.337 e. The normalized spacial score (nSPS) is 12.1. The van der Waals surface area contributed by atoms with E-state index in [0.717, 1.165) is 17.7 Å². The van der Waals surface area contributed by atoms with E-state index in [1.807, 2.05) is 45.2 Å². The molecule has 1 aliphatic rings. The van der Waals surface area contributed by atoms with E-state index in [9.17, 15) is 4.79 Å². The fraction of sp³-hybridized carbons (Fsp3) is 0.500. The second kappa shape index (κ2) is 7.91. The molecule has 0 N–H and O–H groups in total. The van der Waals surface area contributed by atoms with Crippen molar-refractivity contribution in [2.24, 2.45) is 0 Å². The lowest BCUT2D eigenvalue weighted by Gasteiger charge is -2.04. The van der Waals surface area contributed by atoms with Gasteiger partial charge in [-0.3, -0.25) is 4.79 Å². The molecular formula is C14H23NO. The van der Waals surface area contributed by atoms with Gasteiger partial charge in [0.05, 0.1) is 0 Å². The summed E-state index contributed by atoms with van der Waals surface area (Å²) in [5.41, 5.74) is 2.00. The van der Waals surface area contributed by atoms with E-state index in [-0.39, 0.29) is 5.91 Å². The van der Waals surface area contributed by atoms with Gasteiger partial charge in [-0.2, -0.15) is 0 Å². The molecule has 0 fully saturated rings. The van der Waals surface area contributed by atoms with Gasteiger partial charge in [-0.15, -0.1) is 0 Å². The summed E-state index contributed by atoms with van der Waals surface area (Å²) in [6, 6.07) is 7.74. The molecule has 1 aromatic carbocycles. The molecule has 1 amide bonds. The summed E-state index contributed by atoms with van der Waals surface area (Å²) in [6.07, 6.45) is 1.25. The Hall–Kier alpha value is -1.31. The third-order valence-electron chi connectivity index (χ3n) is 2.00. The van der Waals surface area contributed by atoms with Crippen molar-refractivity contribution in [3.63, 3.8) is 0 Å². The van der Waals surface area contributed by atoms with Crippen LogP contribution in [-0.4, -0.2) is 17.9 Å². The van der Waals surface area contributed by atoms with Crippen LogP contribution in [0.2, 0.25) is 0 Å². The first-order valence-corrected chi connectivity index (χ1v) is 6.04. The third-order valence-corrected chi connectivity index (χ3v) is 2.00. The molecule has 0 saturated heterocycles. The first-order valence-electron chi connectivity index (χ1n) is 6.04. The predicted octanol–water partition coefficient (Wildman–Crippen LogP) is 3.71. The second-order valence-corrected chi connectivity index (χ2v) is 3.53. The number of amides is 1.